The molecule has 1 atom stereocenters. The van der Waals surface area contributed by atoms with Crippen LogP contribution in [0.1, 0.15) is 40.9 Å². The number of ether oxygens (including phenoxy) is 3. The van der Waals surface area contributed by atoms with Gasteiger partial charge in [-0.2, -0.15) is 0 Å². The zero-order valence-electron chi connectivity index (χ0n) is 26.7. The molecule has 1 heterocycles. The van der Waals surface area contributed by atoms with Crippen molar-refractivity contribution in [3.63, 3.8) is 0 Å². The average Bonchev–Trinajstić information content (AvgIpc) is 3.30. The van der Waals surface area contributed by atoms with Crippen LogP contribution in [0.4, 0.5) is 11.4 Å². The van der Waals surface area contributed by atoms with E-state index >= 15 is 0 Å². The molecule has 47 heavy (non-hydrogen) atoms. The number of methoxy groups -OCH3 is 3. The zero-order chi connectivity index (χ0) is 33.7. The SMILES string of the molecule is COc1cc2c(c(OC)c1OC)-c1ccc(NCC(=O)Nc3cccc(C(=O)N4CCNC(=O)C4)c3)c(=O)cc1C(NC(C)=O)CC2. The lowest BCUT2D eigenvalue weighted by Crippen LogP contribution is -2.49. The molecule has 0 radical (unpaired) electrons. The van der Waals surface area contributed by atoms with Crippen LogP contribution in [0.25, 0.3) is 11.1 Å². The van der Waals surface area contributed by atoms with Gasteiger partial charge in [0.25, 0.3) is 5.91 Å². The van der Waals surface area contributed by atoms with Crippen LogP contribution in [-0.4, -0.2) is 76.0 Å². The van der Waals surface area contributed by atoms with Crippen molar-refractivity contribution in [1.82, 2.24) is 15.5 Å². The number of anilines is 2. The number of nitrogens with zero attached hydrogens (tertiary/aromatic N) is 1. The maximum Gasteiger partial charge on any atom is 0.254 e. The minimum absolute atomic E-state index is 0.0273. The first-order valence-corrected chi connectivity index (χ1v) is 15.1. The Labute approximate surface area is 271 Å². The van der Waals surface area contributed by atoms with E-state index in [1.54, 1.807) is 43.5 Å². The summed E-state index contributed by atoms with van der Waals surface area (Å²) >= 11 is 0. The van der Waals surface area contributed by atoms with Gasteiger partial charge in [-0.05, 0) is 65.9 Å². The van der Waals surface area contributed by atoms with Crippen molar-refractivity contribution in [2.75, 3.05) is 58.1 Å². The lowest BCUT2D eigenvalue weighted by molar-refractivity contribution is -0.123. The van der Waals surface area contributed by atoms with Crippen LogP contribution in [0.3, 0.4) is 0 Å². The highest BCUT2D eigenvalue weighted by atomic mass is 16.5. The van der Waals surface area contributed by atoms with Gasteiger partial charge in [-0.3, -0.25) is 24.0 Å². The van der Waals surface area contributed by atoms with Crippen molar-refractivity contribution in [1.29, 1.82) is 0 Å². The van der Waals surface area contributed by atoms with Crippen LogP contribution in [-0.2, 0) is 20.8 Å². The normalized spacial score (nSPS) is 15.2. The summed E-state index contributed by atoms with van der Waals surface area (Å²) in [6, 6.07) is 12.7. The molecule has 0 saturated carbocycles. The first-order chi connectivity index (χ1) is 22.6. The lowest BCUT2D eigenvalue weighted by atomic mass is 9.95. The molecular weight excluding hydrogens is 606 g/mol. The second-order valence-corrected chi connectivity index (χ2v) is 11.2. The predicted molar refractivity (Wildman–Crippen MR) is 175 cm³/mol. The lowest BCUT2D eigenvalue weighted by Gasteiger charge is -2.26. The molecule has 246 valence electrons. The molecule has 2 aliphatic rings. The number of aryl methyl sites for hydroxylation is 1. The van der Waals surface area contributed by atoms with E-state index in [0.717, 1.165) is 5.56 Å². The van der Waals surface area contributed by atoms with Gasteiger partial charge in [0.2, 0.25) is 28.9 Å². The Morgan fingerprint density at radius 3 is 2.47 bits per heavy atom. The van der Waals surface area contributed by atoms with Gasteiger partial charge in [0.1, 0.15) is 0 Å². The Morgan fingerprint density at radius 1 is 0.979 bits per heavy atom. The van der Waals surface area contributed by atoms with Gasteiger partial charge in [0.15, 0.2) is 11.5 Å². The number of rotatable bonds is 9. The van der Waals surface area contributed by atoms with Crippen LogP contribution in [0.2, 0.25) is 0 Å². The second-order valence-electron chi connectivity index (χ2n) is 11.2. The van der Waals surface area contributed by atoms with Crippen LogP contribution < -0.4 is 40.9 Å². The summed E-state index contributed by atoms with van der Waals surface area (Å²) in [7, 11) is 4.58. The van der Waals surface area contributed by atoms with E-state index in [1.807, 2.05) is 6.07 Å². The van der Waals surface area contributed by atoms with Gasteiger partial charge < -0.3 is 40.4 Å². The Morgan fingerprint density at radius 2 is 1.77 bits per heavy atom. The van der Waals surface area contributed by atoms with Crippen LogP contribution in [0, 0.1) is 0 Å². The largest absolute Gasteiger partial charge is 0.493 e. The highest BCUT2D eigenvalue weighted by Gasteiger charge is 2.29. The molecular formula is C34H37N5O8. The summed E-state index contributed by atoms with van der Waals surface area (Å²) in [5.74, 6) is 0.104. The standard InChI is InChI=1S/C34H37N5O8/c1-19(40)37-25-10-8-20-15-28(45-2)32(46-3)33(47-4)31(20)23-9-11-26(27(41)16-24(23)25)36-17-29(42)38-22-7-5-6-21(14-22)34(44)39-13-12-35-30(43)18-39/h5-7,9,11,14-16,25H,8,10,12-13,17-18H2,1-4H3,(H,35,43)(H,36,41)(H,37,40)(H,38,42). The molecule has 1 unspecified atom stereocenters. The summed E-state index contributed by atoms with van der Waals surface area (Å²) in [5.41, 5.74) is 3.39. The van der Waals surface area contributed by atoms with Crippen molar-refractivity contribution in [2.24, 2.45) is 0 Å². The first-order valence-electron chi connectivity index (χ1n) is 15.1. The highest BCUT2D eigenvalue weighted by Crippen LogP contribution is 2.50. The smallest absolute Gasteiger partial charge is 0.254 e. The fraction of sp³-hybridized carbons (Fsp3) is 0.324. The summed E-state index contributed by atoms with van der Waals surface area (Å²) in [4.78, 5) is 64.7. The van der Waals surface area contributed by atoms with E-state index in [2.05, 4.69) is 21.3 Å². The van der Waals surface area contributed by atoms with E-state index in [4.69, 9.17) is 14.2 Å². The van der Waals surface area contributed by atoms with E-state index in [0.29, 0.717) is 71.1 Å². The molecule has 1 saturated heterocycles. The van der Waals surface area contributed by atoms with E-state index < -0.39 is 11.9 Å². The van der Waals surface area contributed by atoms with Gasteiger partial charge in [0.05, 0.1) is 46.1 Å². The third-order valence-corrected chi connectivity index (χ3v) is 8.07. The molecule has 13 heteroatoms. The van der Waals surface area contributed by atoms with Crippen LogP contribution in [0.5, 0.6) is 17.2 Å². The van der Waals surface area contributed by atoms with Gasteiger partial charge in [-0.15, -0.1) is 0 Å². The number of benzene rings is 2. The van der Waals surface area contributed by atoms with E-state index in [1.165, 1.54) is 32.1 Å². The molecule has 0 aromatic heterocycles. The molecule has 0 bridgehead atoms. The summed E-state index contributed by atoms with van der Waals surface area (Å²) in [5, 5.41) is 11.3. The highest BCUT2D eigenvalue weighted by molar-refractivity contribution is 5.99. The quantitative estimate of drug-likeness (QED) is 0.274. The number of hydrogen-bond donors (Lipinski definition) is 4. The summed E-state index contributed by atoms with van der Waals surface area (Å²) in [6.45, 7) is 1.93. The van der Waals surface area contributed by atoms with Gasteiger partial charge in [0, 0.05) is 36.8 Å². The van der Waals surface area contributed by atoms with Gasteiger partial charge in [-0.1, -0.05) is 12.1 Å². The van der Waals surface area contributed by atoms with Crippen molar-refractivity contribution >= 4 is 35.0 Å². The minimum Gasteiger partial charge on any atom is -0.493 e. The number of hydrogen-bond acceptors (Lipinski definition) is 9. The predicted octanol–water partition coefficient (Wildman–Crippen LogP) is 2.49. The third kappa shape index (κ3) is 7.13. The van der Waals surface area contributed by atoms with Gasteiger partial charge in [-0.25, -0.2) is 0 Å². The number of piperazine rings is 1. The molecule has 0 spiro atoms. The molecule has 3 aromatic rings. The van der Waals surface area contributed by atoms with Crippen LogP contribution in [0.15, 0.2) is 53.3 Å². The molecule has 13 nitrogen and oxygen atoms in total. The third-order valence-electron chi connectivity index (χ3n) is 8.07. The number of fused-ring (bicyclic) bond motifs is 3. The van der Waals surface area contributed by atoms with Crippen molar-refractivity contribution in [2.45, 2.75) is 25.8 Å². The van der Waals surface area contributed by atoms with Crippen molar-refractivity contribution in [3.05, 3.63) is 75.4 Å². The van der Waals surface area contributed by atoms with E-state index in [-0.39, 0.29) is 41.9 Å². The fourth-order valence-corrected chi connectivity index (χ4v) is 5.96. The topological polar surface area (TPSA) is 164 Å². The number of nitrogens with one attached hydrogen (secondary N) is 4. The van der Waals surface area contributed by atoms with Crippen molar-refractivity contribution in [3.8, 4) is 28.4 Å². The molecule has 4 amide bonds. The maximum absolute atomic E-state index is 13.5. The number of carbonyl (C=O) groups excluding carboxylic acids is 4. The average molecular weight is 644 g/mol. The molecule has 1 aliphatic carbocycles. The minimum atomic E-state index is -0.470. The van der Waals surface area contributed by atoms with Gasteiger partial charge >= 0.3 is 0 Å². The molecule has 3 aromatic carbocycles. The molecule has 1 fully saturated rings. The Hall–Kier alpha value is -5.59. The molecule has 1 aliphatic heterocycles. The monoisotopic (exact) mass is 643 g/mol. The number of carbonyl (C=O) groups is 4. The molecule has 5 rings (SSSR count). The Balaban J connectivity index is 1.41. The maximum atomic E-state index is 13.5. The zero-order valence-corrected chi connectivity index (χ0v) is 26.7. The second kappa shape index (κ2) is 14.2. The number of amides is 4. The van der Waals surface area contributed by atoms with Crippen molar-refractivity contribution < 1.29 is 33.4 Å². The summed E-state index contributed by atoms with van der Waals surface area (Å²) in [6.07, 6.45) is 1.08. The molecule has 4 N–H and O–H groups in total. The Kier molecular flexibility index (Phi) is 9.93. The summed E-state index contributed by atoms with van der Waals surface area (Å²) < 4.78 is 17.0. The Bertz CT molecular complexity index is 1790. The first kappa shape index (κ1) is 32.8. The van der Waals surface area contributed by atoms with E-state index in [9.17, 15) is 24.0 Å². The van der Waals surface area contributed by atoms with Crippen LogP contribution >= 0.6 is 0 Å². The fourth-order valence-electron chi connectivity index (χ4n) is 5.96.